The molecule has 0 aromatic heterocycles. The molecule has 64 heavy (non-hydrogen) atoms. The third-order valence-electron chi connectivity index (χ3n) is 17.7. The molecule has 11 unspecified atom stereocenters. The van der Waals surface area contributed by atoms with Gasteiger partial charge >= 0.3 is 12.5 Å². The summed E-state index contributed by atoms with van der Waals surface area (Å²) in [4.78, 5) is 31.9. The van der Waals surface area contributed by atoms with E-state index < -0.39 is 40.4 Å². The molecule has 4 fully saturated rings. The van der Waals surface area contributed by atoms with Crippen LogP contribution >= 0.6 is 0 Å². The molecule has 0 heterocycles. The summed E-state index contributed by atoms with van der Waals surface area (Å²) in [5, 5.41) is 24.7. The molecule has 2 spiro atoms. The number of aliphatic hydroxyl groups excluding tert-OH is 1. The van der Waals surface area contributed by atoms with E-state index in [1.807, 2.05) is 54.6 Å². The third kappa shape index (κ3) is 7.33. The summed E-state index contributed by atoms with van der Waals surface area (Å²) in [6.45, 7) is 11.0. The molecule has 0 aliphatic heterocycles. The van der Waals surface area contributed by atoms with Crippen molar-refractivity contribution in [3.8, 4) is 16.9 Å². The zero-order valence-electron chi connectivity index (χ0n) is 37.9. The van der Waals surface area contributed by atoms with Gasteiger partial charge in [-0.3, -0.25) is 4.79 Å². The van der Waals surface area contributed by atoms with Crippen molar-refractivity contribution in [1.82, 2.24) is 4.90 Å². The number of hydrogen-bond acceptors (Lipinski definition) is 6. The minimum absolute atomic E-state index is 0.0132. The molecule has 3 aromatic carbocycles. The molecule has 7 aliphatic rings. The van der Waals surface area contributed by atoms with Gasteiger partial charge in [-0.05, 0) is 122 Å². The van der Waals surface area contributed by atoms with Crippen molar-refractivity contribution in [1.29, 1.82) is 0 Å². The van der Waals surface area contributed by atoms with Gasteiger partial charge in [-0.15, -0.1) is 13.2 Å². The van der Waals surface area contributed by atoms with Gasteiger partial charge in [0, 0.05) is 33.9 Å². The molecule has 7 aliphatic carbocycles. The molecule has 2 N–H and O–H groups in total. The Kier molecular flexibility index (Phi) is 11.3. The van der Waals surface area contributed by atoms with E-state index in [1.165, 1.54) is 24.3 Å². The fraction of sp³-hybridized carbons (Fsp3) is 0.556. The predicted octanol–water partition coefficient (Wildman–Crippen LogP) is 12.1. The van der Waals surface area contributed by atoms with E-state index in [9.17, 15) is 28.2 Å². The Labute approximate surface area is 376 Å². The Morgan fingerprint density at radius 2 is 1.52 bits per heavy atom. The summed E-state index contributed by atoms with van der Waals surface area (Å²) in [6.07, 6.45) is 7.87. The maximum atomic E-state index is 15.6. The first-order valence-corrected chi connectivity index (χ1v) is 23.6. The van der Waals surface area contributed by atoms with Crippen molar-refractivity contribution in [3.63, 3.8) is 0 Å². The van der Waals surface area contributed by atoms with Gasteiger partial charge in [0.15, 0.2) is 5.78 Å². The molecule has 4 saturated carbocycles. The summed E-state index contributed by atoms with van der Waals surface area (Å²) in [7, 11) is 0. The standard InChI is InChI=1S/C54H64F3NO6/c1-34(2)40-20-15-35(3)29-44(40)63-48(61)58(32-36-16-18-39(19-17-36)64-54(55,56)57)33-52(62)26-23-46-50(52,5)25-22-45-49(4)24-21-38(59)30-51(49)27-28-53(45,46)43(31-51)47(60)42-14-10-9-13-41(42)37-11-7-6-8-12-37/h6-14,16-19,27-28,31,34-35,38,40,44-46,59,62H,15,20-26,29-30,32-33H2,1-5H3. The first kappa shape index (κ1) is 44.8. The third-order valence-corrected chi connectivity index (χ3v) is 17.7. The molecule has 10 rings (SSSR count). The van der Waals surface area contributed by atoms with Gasteiger partial charge in [0.1, 0.15) is 11.9 Å². The number of Topliss-reactive ketones (excluding diaryl/α,β-unsaturated/α-hetero) is 1. The van der Waals surface area contributed by atoms with Crippen molar-refractivity contribution in [3.05, 3.63) is 114 Å². The normalized spacial score (nSPS) is 36.4. The van der Waals surface area contributed by atoms with E-state index in [0.29, 0.717) is 55.1 Å². The van der Waals surface area contributed by atoms with Crippen LogP contribution in [-0.2, 0) is 11.3 Å². The highest BCUT2D eigenvalue weighted by Crippen LogP contribution is 2.78. The van der Waals surface area contributed by atoms with Crippen LogP contribution in [0.25, 0.3) is 11.1 Å². The van der Waals surface area contributed by atoms with Crippen LogP contribution in [0.4, 0.5) is 18.0 Å². The van der Waals surface area contributed by atoms with E-state index in [0.717, 1.165) is 48.8 Å². The predicted molar refractivity (Wildman–Crippen MR) is 240 cm³/mol. The van der Waals surface area contributed by atoms with Gasteiger partial charge in [-0.25, -0.2) is 4.79 Å². The van der Waals surface area contributed by atoms with Crippen LogP contribution in [-0.4, -0.2) is 57.7 Å². The summed E-state index contributed by atoms with van der Waals surface area (Å²) in [5.41, 5.74) is 0.161. The molecule has 2 bridgehead atoms. The number of carbonyl (C=O) groups is 2. The number of carbonyl (C=O) groups excluding carboxylic acids is 2. The second kappa shape index (κ2) is 16.2. The number of alkyl halides is 3. The number of aliphatic hydroxyl groups is 2. The molecular formula is C54H64F3NO6. The van der Waals surface area contributed by atoms with Crippen LogP contribution < -0.4 is 4.74 Å². The lowest BCUT2D eigenvalue weighted by molar-refractivity contribution is -0.274. The average molecular weight is 880 g/mol. The highest BCUT2D eigenvalue weighted by atomic mass is 19.4. The van der Waals surface area contributed by atoms with Crippen molar-refractivity contribution in [2.24, 2.45) is 51.2 Å². The van der Waals surface area contributed by atoms with Gasteiger partial charge < -0.3 is 24.6 Å². The Balaban J connectivity index is 1.10. The molecule has 0 saturated heterocycles. The summed E-state index contributed by atoms with van der Waals surface area (Å²) in [6, 6.07) is 23.3. The van der Waals surface area contributed by atoms with Crippen LogP contribution in [0.15, 0.2) is 103 Å². The average Bonchev–Trinajstić information content (AvgIpc) is 3.53. The van der Waals surface area contributed by atoms with E-state index in [-0.39, 0.29) is 53.9 Å². The van der Waals surface area contributed by atoms with Crippen molar-refractivity contribution < 1.29 is 42.4 Å². The molecule has 11 atom stereocenters. The first-order valence-electron chi connectivity index (χ1n) is 23.6. The number of amides is 1. The monoisotopic (exact) mass is 879 g/mol. The summed E-state index contributed by atoms with van der Waals surface area (Å²) < 4.78 is 49.9. The SMILES string of the molecule is CC1CCC(C(C)C)C(OC(=O)N(Cc2ccc(OC(F)(F)F)cc2)CC2(O)CCC3C45C=CC6(C=C4C(=O)c4ccccc4-c4ccccc4)CC(O)CCC6(C)C5CCC32C)C1. The molecule has 1 amide bonds. The quantitative estimate of drug-likeness (QED) is 0.156. The number of ether oxygens (including phenoxy) is 2. The molecule has 3 aromatic rings. The Morgan fingerprint density at radius 1 is 0.844 bits per heavy atom. The fourth-order valence-corrected chi connectivity index (χ4v) is 14.3. The molecule has 342 valence electrons. The lowest BCUT2D eigenvalue weighted by Gasteiger charge is -2.71. The number of benzene rings is 3. The number of allylic oxidation sites excluding steroid dienone is 4. The topological polar surface area (TPSA) is 96.3 Å². The van der Waals surface area contributed by atoms with Crippen LogP contribution in [0.2, 0.25) is 0 Å². The summed E-state index contributed by atoms with van der Waals surface area (Å²) >= 11 is 0. The maximum Gasteiger partial charge on any atom is 0.573 e. The van der Waals surface area contributed by atoms with Gasteiger partial charge in [0.2, 0.25) is 0 Å². The van der Waals surface area contributed by atoms with Crippen LogP contribution in [0.1, 0.15) is 115 Å². The number of nitrogens with zero attached hydrogens (tertiary/aromatic N) is 1. The van der Waals surface area contributed by atoms with Crippen molar-refractivity contribution in [2.45, 2.75) is 130 Å². The van der Waals surface area contributed by atoms with Gasteiger partial charge in [0.05, 0.1) is 18.2 Å². The highest BCUT2D eigenvalue weighted by Gasteiger charge is 2.74. The van der Waals surface area contributed by atoms with E-state index >= 15 is 4.79 Å². The summed E-state index contributed by atoms with van der Waals surface area (Å²) in [5.74, 6) is 0.384. The molecular weight excluding hydrogens is 816 g/mol. The Morgan fingerprint density at radius 3 is 2.23 bits per heavy atom. The number of halogens is 3. The van der Waals surface area contributed by atoms with Gasteiger partial charge in [0.25, 0.3) is 0 Å². The van der Waals surface area contributed by atoms with E-state index in [4.69, 9.17) is 4.74 Å². The number of hydrogen-bond donors (Lipinski definition) is 2. The minimum atomic E-state index is -4.84. The number of rotatable bonds is 10. The zero-order valence-corrected chi connectivity index (χ0v) is 37.9. The van der Waals surface area contributed by atoms with Gasteiger partial charge in [-0.1, -0.05) is 126 Å². The zero-order chi connectivity index (χ0) is 45.5. The van der Waals surface area contributed by atoms with E-state index in [1.54, 1.807) is 4.90 Å². The highest BCUT2D eigenvalue weighted by molar-refractivity contribution is 6.14. The number of fused-ring (bicyclic) bond motifs is 1. The largest absolute Gasteiger partial charge is 0.573 e. The number of ketones is 1. The maximum absolute atomic E-state index is 15.6. The first-order chi connectivity index (χ1) is 30.3. The second-order valence-electron chi connectivity index (χ2n) is 21.3. The lowest BCUT2D eigenvalue weighted by atomic mass is 9.32. The van der Waals surface area contributed by atoms with Crippen LogP contribution in [0.5, 0.6) is 5.75 Å². The van der Waals surface area contributed by atoms with Crippen molar-refractivity contribution in [2.75, 3.05) is 6.54 Å². The second-order valence-corrected chi connectivity index (χ2v) is 21.3. The minimum Gasteiger partial charge on any atom is -0.446 e. The Bertz CT molecular complexity index is 2310. The van der Waals surface area contributed by atoms with Crippen LogP contribution in [0, 0.1) is 51.2 Å². The molecule has 7 nitrogen and oxygen atoms in total. The van der Waals surface area contributed by atoms with Crippen molar-refractivity contribution >= 4 is 11.9 Å². The molecule has 0 radical (unpaired) electrons. The Hall–Kier alpha value is -4.41. The van der Waals surface area contributed by atoms with Gasteiger partial charge in [-0.2, -0.15) is 0 Å². The molecule has 10 heteroatoms. The van der Waals surface area contributed by atoms with Crippen LogP contribution in [0.3, 0.4) is 0 Å². The smallest absolute Gasteiger partial charge is 0.446 e. The van der Waals surface area contributed by atoms with E-state index in [2.05, 4.69) is 57.6 Å². The lowest BCUT2D eigenvalue weighted by Crippen LogP contribution is -2.67. The fourth-order valence-electron chi connectivity index (χ4n) is 14.3.